The minimum atomic E-state index is -0.501. The minimum absolute atomic E-state index is 0.0718. The van der Waals surface area contributed by atoms with Crippen LogP contribution in [0.4, 0.5) is 5.69 Å². The molecular weight excluding hydrogens is 340 g/mol. The highest BCUT2D eigenvalue weighted by Crippen LogP contribution is 2.28. The third kappa shape index (κ3) is 3.23. The summed E-state index contributed by atoms with van der Waals surface area (Å²) in [6, 6.07) is 12.1. The molecule has 2 aromatic carbocycles. The Morgan fingerprint density at radius 3 is 2.72 bits per heavy atom. The molecule has 0 aliphatic rings. The summed E-state index contributed by atoms with van der Waals surface area (Å²) in [5.41, 5.74) is 0.976. The Hall–Kier alpha value is -2.79. The summed E-state index contributed by atoms with van der Waals surface area (Å²) >= 11 is 5.99. The lowest BCUT2D eigenvalue weighted by molar-refractivity contribution is 0.102. The Labute approximate surface area is 149 Å². The van der Waals surface area contributed by atoms with E-state index in [0.717, 1.165) is 5.52 Å². The molecule has 1 aromatic heterocycles. The van der Waals surface area contributed by atoms with Crippen molar-refractivity contribution in [2.75, 3.05) is 12.4 Å². The number of pyridine rings is 1. The van der Waals surface area contributed by atoms with Gasteiger partial charge in [0.05, 0.1) is 18.3 Å². The zero-order valence-electron chi connectivity index (χ0n) is 13.9. The van der Waals surface area contributed by atoms with Crippen LogP contribution in [0.1, 0.15) is 17.3 Å². The zero-order valence-corrected chi connectivity index (χ0v) is 14.6. The number of fused-ring (bicyclic) bond motifs is 1. The number of hydrogen-bond acceptors (Lipinski definition) is 3. The molecule has 0 aliphatic carbocycles. The first-order valence-electron chi connectivity index (χ1n) is 7.82. The number of methoxy groups -OCH3 is 1. The third-order valence-corrected chi connectivity index (χ3v) is 4.22. The van der Waals surface area contributed by atoms with Crippen LogP contribution in [-0.2, 0) is 6.54 Å². The molecular formula is C19H17ClN2O3. The molecule has 0 spiro atoms. The van der Waals surface area contributed by atoms with E-state index in [-0.39, 0.29) is 11.0 Å². The second-order valence-corrected chi connectivity index (χ2v) is 5.91. The van der Waals surface area contributed by atoms with Crippen LogP contribution < -0.4 is 15.5 Å². The van der Waals surface area contributed by atoms with Crippen molar-refractivity contribution in [2.24, 2.45) is 0 Å². The lowest BCUT2D eigenvalue weighted by Gasteiger charge is -2.13. The Morgan fingerprint density at radius 1 is 1.24 bits per heavy atom. The largest absolute Gasteiger partial charge is 0.495 e. The first kappa shape index (κ1) is 17.0. The average Bonchev–Trinajstić information content (AvgIpc) is 2.62. The van der Waals surface area contributed by atoms with Gasteiger partial charge in [0.15, 0.2) is 0 Å². The monoisotopic (exact) mass is 356 g/mol. The van der Waals surface area contributed by atoms with E-state index in [4.69, 9.17) is 16.3 Å². The van der Waals surface area contributed by atoms with Crippen LogP contribution >= 0.6 is 11.6 Å². The van der Waals surface area contributed by atoms with Gasteiger partial charge in [-0.15, -0.1) is 0 Å². The van der Waals surface area contributed by atoms with Crippen LogP contribution in [0, 0.1) is 0 Å². The number of anilines is 1. The fraction of sp³-hybridized carbons (Fsp3) is 0.158. The molecule has 0 saturated carbocycles. The van der Waals surface area contributed by atoms with E-state index in [0.29, 0.717) is 28.4 Å². The Kier molecular flexibility index (Phi) is 4.76. The smallest absolute Gasteiger partial charge is 0.261 e. The summed E-state index contributed by atoms with van der Waals surface area (Å²) in [4.78, 5) is 25.4. The number of nitrogens with zero attached hydrogens (tertiary/aromatic N) is 1. The lowest BCUT2D eigenvalue weighted by atomic mass is 10.1. The molecule has 0 radical (unpaired) electrons. The Morgan fingerprint density at radius 2 is 2.00 bits per heavy atom. The predicted octanol–water partition coefficient (Wildman–Crippen LogP) is 3.94. The number of hydrogen-bond donors (Lipinski definition) is 1. The average molecular weight is 357 g/mol. The van der Waals surface area contributed by atoms with E-state index >= 15 is 0 Å². The number of aromatic nitrogens is 1. The molecule has 25 heavy (non-hydrogen) atoms. The van der Waals surface area contributed by atoms with Crippen LogP contribution in [0.3, 0.4) is 0 Å². The van der Waals surface area contributed by atoms with Gasteiger partial charge in [-0.25, -0.2) is 0 Å². The summed E-state index contributed by atoms with van der Waals surface area (Å²) < 4.78 is 7.10. The summed E-state index contributed by atoms with van der Waals surface area (Å²) in [5, 5.41) is 3.68. The van der Waals surface area contributed by atoms with Gasteiger partial charge in [0.1, 0.15) is 11.3 Å². The van der Waals surface area contributed by atoms with Gasteiger partial charge in [0.2, 0.25) is 5.43 Å². The van der Waals surface area contributed by atoms with Crippen molar-refractivity contribution in [3.8, 4) is 5.75 Å². The quantitative estimate of drug-likeness (QED) is 0.770. The van der Waals surface area contributed by atoms with E-state index in [1.54, 1.807) is 36.5 Å². The summed E-state index contributed by atoms with van der Waals surface area (Å²) in [7, 11) is 1.50. The fourth-order valence-electron chi connectivity index (χ4n) is 2.74. The molecule has 1 heterocycles. The van der Waals surface area contributed by atoms with E-state index in [2.05, 4.69) is 5.32 Å². The van der Waals surface area contributed by atoms with Crippen molar-refractivity contribution in [1.82, 2.24) is 4.57 Å². The third-order valence-electron chi connectivity index (χ3n) is 3.98. The molecule has 6 heteroatoms. The van der Waals surface area contributed by atoms with Gasteiger partial charge in [-0.3, -0.25) is 9.59 Å². The van der Waals surface area contributed by atoms with Gasteiger partial charge in [-0.1, -0.05) is 23.7 Å². The molecule has 128 valence electrons. The van der Waals surface area contributed by atoms with Gasteiger partial charge in [0, 0.05) is 23.2 Å². The SMILES string of the molecule is CCn1cc(C(=O)Nc2cc(Cl)ccc2OC)c(=O)c2ccccc21. The highest BCUT2D eigenvalue weighted by atomic mass is 35.5. The Bertz CT molecular complexity index is 1010. The second-order valence-electron chi connectivity index (χ2n) is 5.47. The van der Waals surface area contributed by atoms with E-state index < -0.39 is 5.91 Å². The van der Waals surface area contributed by atoms with Crippen molar-refractivity contribution in [3.63, 3.8) is 0 Å². The molecule has 0 bridgehead atoms. The van der Waals surface area contributed by atoms with Gasteiger partial charge >= 0.3 is 0 Å². The Balaban J connectivity index is 2.08. The lowest BCUT2D eigenvalue weighted by Crippen LogP contribution is -2.24. The molecule has 0 unspecified atom stereocenters. The number of carbonyl (C=O) groups excluding carboxylic acids is 1. The van der Waals surface area contributed by atoms with Crippen LogP contribution in [0.25, 0.3) is 10.9 Å². The van der Waals surface area contributed by atoms with Crippen molar-refractivity contribution in [2.45, 2.75) is 13.5 Å². The van der Waals surface area contributed by atoms with Crippen LogP contribution in [0.2, 0.25) is 5.02 Å². The normalized spacial score (nSPS) is 10.7. The fourth-order valence-corrected chi connectivity index (χ4v) is 2.91. The number of carbonyl (C=O) groups is 1. The topological polar surface area (TPSA) is 60.3 Å². The van der Waals surface area contributed by atoms with Crippen molar-refractivity contribution >= 4 is 34.1 Å². The number of aryl methyl sites for hydroxylation is 1. The number of benzene rings is 2. The molecule has 3 aromatic rings. The second kappa shape index (κ2) is 6.99. The van der Waals surface area contributed by atoms with Crippen LogP contribution in [-0.4, -0.2) is 17.6 Å². The van der Waals surface area contributed by atoms with Crippen molar-refractivity contribution in [3.05, 3.63) is 69.5 Å². The number of halogens is 1. The van der Waals surface area contributed by atoms with Gasteiger partial charge in [-0.05, 0) is 37.3 Å². The van der Waals surface area contributed by atoms with E-state index in [1.807, 2.05) is 23.6 Å². The predicted molar refractivity (Wildman–Crippen MR) is 99.8 cm³/mol. The van der Waals surface area contributed by atoms with E-state index in [9.17, 15) is 9.59 Å². The van der Waals surface area contributed by atoms with Gasteiger partial charge in [-0.2, -0.15) is 0 Å². The van der Waals surface area contributed by atoms with Crippen LogP contribution in [0.5, 0.6) is 5.75 Å². The first-order valence-corrected chi connectivity index (χ1v) is 8.20. The highest BCUT2D eigenvalue weighted by molar-refractivity contribution is 6.31. The van der Waals surface area contributed by atoms with Crippen LogP contribution in [0.15, 0.2) is 53.5 Å². The molecule has 0 fully saturated rings. The van der Waals surface area contributed by atoms with Gasteiger partial charge < -0.3 is 14.6 Å². The maximum atomic E-state index is 12.7. The standard InChI is InChI=1S/C19H17ClN2O3/c1-3-22-11-14(18(23)13-6-4-5-7-16(13)22)19(24)21-15-10-12(20)8-9-17(15)25-2/h4-11H,3H2,1-2H3,(H,21,24). The minimum Gasteiger partial charge on any atom is -0.495 e. The molecule has 3 rings (SSSR count). The maximum Gasteiger partial charge on any atom is 0.261 e. The molecule has 1 amide bonds. The summed E-state index contributed by atoms with van der Waals surface area (Å²) in [5.74, 6) is -0.0344. The highest BCUT2D eigenvalue weighted by Gasteiger charge is 2.16. The van der Waals surface area contributed by atoms with Gasteiger partial charge in [0.25, 0.3) is 5.91 Å². The van der Waals surface area contributed by atoms with Crippen molar-refractivity contribution < 1.29 is 9.53 Å². The number of nitrogens with one attached hydrogen (secondary N) is 1. The summed E-state index contributed by atoms with van der Waals surface area (Å²) in [6.45, 7) is 2.60. The summed E-state index contributed by atoms with van der Waals surface area (Å²) in [6.07, 6.45) is 1.58. The van der Waals surface area contributed by atoms with Crippen molar-refractivity contribution in [1.29, 1.82) is 0 Å². The maximum absolute atomic E-state index is 12.7. The first-order chi connectivity index (χ1) is 12.0. The number of para-hydroxylation sites is 1. The molecule has 1 N–H and O–H groups in total. The number of ether oxygens (including phenoxy) is 1. The number of rotatable bonds is 4. The molecule has 0 saturated heterocycles. The number of amides is 1. The molecule has 5 nitrogen and oxygen atoms in total. The van der Waals surface area contributed by atoms with E-state index in [1.165, 1.54) is 7.11 Å². The molecule has 0 aliphatic heterocycles. The zero-order chi connectivity index (χ0) is 18.0. The molecule has 0 atom stereocenters.